The van der Waals surface area contributed by atoms with Crippen LogP contribution in [0, 0.1) is 41.7 Å². The Bertz CT molecular complexity index is 7280. The molecule has 7 atom stereocenters. The summed E-state index contributed by atoms with van der Waals surface area (Å²) in [6.07, 6.45) is 21.7. The minimum Gasteiger partial charge on any atom is -0.494 e. The van der Waals surface area contributed by atoms with Crippen LogP contribution in [0.15, 0.2) is 179 Å². The highest BCUT2D eigenvalue weighted by atomic mass is 79.9. The number of nitrogens with one attached hydrogen (secondary N) is 2. The highest BCUT2D eigenvalue weighted by Crippen LogP contribution is 2.39. The number of carboxylic acid groups (broad SMARTS) is 1. The van der Waals surface area contributed by atoms with Gasteiger partial charge in [0.25, 0.3) is 28.1 Å². The van der Waals surface area contributed by atoms with Crippen molar-refractivity contribution in [2.45, 2.75) is 169 Å². The van der Waals surface area contributed by atoms with Gasteiger partial charge in [0.05, 0.1) is 116 Å². The van der Waals surface area contributed by atoms with E-state index in [9.17, 15) is 47.4 Å². The van der Waals surface area contributed by atoms with Crippen molar-refractivity contribution in [3.8, 4) is 56.7 Å². The molecule has 16 rings (SSSR count). The third kappa shape index (κ3) is 23.9. The Kier molecular flexibility index (Phi) is 36.1. The lowest BCUT2D eigenvalue weighted by atomic mass is 9.79. The largest absolute Gasteiger partial charge is 0.498 e. The molecule has 1 fully saturated rings. The predicted octanol–water partition coefficient (Wildman–Crippen LogP) is 9.36. The average Bonchev–Trinajstić information content (AvgIpc) is 1.59. The number of nitrogens with two attached hydrogens (primary N) is 1. The van der Waals surface area contributed by atoms with Crippen molar-refractivity contribution in [1.82, 2.24) is 82.0 Å². The van der Waals surface area contributed by atoms with Crippen LogP contribution >= 0.6 is 15.9 Å². The topological polar surface area (TPSA) is 496 Å². The van der Waals surface area contributed by atoms with Gasteiger partial charge in [-0.15, -0.1) is 0 Å². The number of aromatic nitrogens is 16. The summed E-state index contributed by atoms with van der Waals surface area (Å²) in [6.45, 7) is 23.5. The maximum absolute atomic E-state index is 14.7. The van der Waals surface area contributed by atoms with Crippen molar-refractivity contribution in [3.05, 3.63) is 226 Å². The van der Waals surface area contributed by atoms with Crippen LogP contribution in [0.25, 0.3) is 56.0 Å². The molecule has 46 heteroatoms. The number of aliphatic imine (C=N–C) groups is 4. The molecule has 0 spiro atoms. The molecule has 0 bridgehead atoms. The van der Waals surface area contributed by atoms with E-state index in [0.717, 1.165) is 46.7 Å². The molecular formula is C98H118BBrF2N24O18. The van der Waals surface area contributed by atoms with Gasteiger partial charge in [-0.1, -0.05) is 40.7 Å². The number of anilines is 1. The standard InChI is InChI=1S/C27H28F2N6O4.C23H33BN4O4.C23H28N6O4.C17H19N5O4.C6H7BrN2O2.C2H3N/c1-5-15(3)32-16-10-19(28)23(20(29)11-16)25(36)33-21(27(38)39)12-17-6-7-18(24-30-8-9-35(17)24)22-14(2)13-31-34(4)26(22)37;1-14(2)18-21(30-8)26-17(20(27-18)29-7)13-15-9-10-16(19-25-11-12-28(15)19)24-31-22(3,4)23(5,6)32-24;1-13(2)19-22(33-6)26-16(21(27-19)32-5)11-14-7-8-15(20-24-9-10-29(14)20)18-17(31-4)12-25-28(3)23(18)30;1-21-16(23)14(13(25-2)9-20-21)11-5-4-10(8-12(18)17(24)26-3)22-7-6-19-15(11)22;1-9-6(10)5(7)4(11-2)3-8-9;1-2-3/h6-11,13,15,21,32H,5,12H2,1-4H3,(H,33,36)(H,38,39);9-12,14,17-18H,13H2,1-8H3;7-10,12-13,16,19H,11H2,1-6H3;4-7,9,12H,8,18H2,1-3H3;3H,1-2H3;1H3/t15-,21-;17-,18+;16-,19+;12-;;/m0000../s1. The number of carbonyl (C=O) groups is 3. The molecule has 5 N–H and O–H groups in total. The van der Waals surface area contributed by atoms with Crippen LogP contribution in [0.4, 0.5) is 14.5 Å². The van der Waals surface area contributed by atoms with E-state index in [0.29, 0.717) is 120 Å². The molecule has 42 nitrogen and oxygen atoms in total. The van der Waals surface area contributed by atoms with E-state index in [-0.39, 0.29) is 82.8 Å². The summed E-state index contributed by atoms with van der Waals surface area (Å²) in [5.74, 6) is -1.19. The SMILES string of the molecule is CC#N.CC[C@H](C)Nc1cc(F)c(C(=O)N[C@@H](Cc2ccc(-c3c(C)cnn(C)c3=O)c3nccn23)C(=O)O)c(F)c1.COC(=O)[C@@H](N)Cc1ccc(-c2c(OC)cnn(C)c2=O)c2nccn12.COC1=N[C@H](C(C)C)C(OC)=N[C@H]1Cc1ccc(-c2c(OC)cnn(C)c2=O)c2nccn12.COC1=N[C@H](C(C)C)C(OC)=N[C@H]1Cc1ccc(B2OC(C)(C)C(C)(C)O2)c2nccn12.COc1cnn(C)c(=O)c1Br. The van der Waals surface area contributed by atoms with Crippen LogP contribution in [-0.2, 0) is 96.5 Å². The number of esters is 1. The minimum atomic E-state index is -1.51. The maximum Gasteiger partial charge on any atom is 0.498 e. The number of methoxy groups -OCH3 is 8. The third-order valence-electron chi connectivity index (χ3n) is 24.4. The van der Waals surface area contributed by atoms with E-state index in [2.05, 4.69) is 137 Å². The molecule has 13 aromatic rings. The predicted molar refractivity (Wildman–Crippen MR) is 541 cm³/mol. The first kappa shape index (κ1) is 109. The van der Waals surface area contributed by atoms with Crippen molar-refractivity contribution in [1.29, 1.82) is 5.26 Å². The van der Waals surface area contributed by atoms with Gasteiger partial charge in [0, 0.05) is 167 Å². The van der Waals surface area contributed by atoms with Crippen LogP contribution in [0.3, 0.4) is 0 Å². The summed E-state index contributed by atoms with van der Waals surface area (Å²) in [6, 6.07) is 15.2. The lowest BCUT2D eigenvalue weighted by Crippen LogP contribution is -2.43. The molecule has 0 aliphatic carbocycles. The number of amides is 1. The van der Waals surface area contributed by atoms with Crippen molar-refractivity contribution in [3.63, 3.8) is 0 Å². The number of carboxylic acids is 1. The highest BCUT2D eigenvalue weighted by Gasteiger charge is 2.53. The number of nitrogens with zero attached hydrogens (tertiary/aromatic N) is 21. The average molecular weight is 2050 g/mol. The van der Waals surface area contributed by atoms with E-state index in [1.54, 1.807) is 133 Å². The summed E-state index contributed by atoms with van der Waals surface area (Å²) in [7, 11) is 18.1. The van der Waals surface area contributed by atoms with Crippen LogP contribution < -0.4 is 58.3 Å². The van der Waals surface area contributed by atoms with Gasteiger partial charge in [-0.05, 0) is 136 Å². The molecule has 15 heterocycles. The Morgan fingerprint density at radius 2 is 0.917 bits per heavy atom. The van der Waals surface area contributed by atoms with Crippen LogP contribution in [0.5, 0.6) is 17.2 Å². The van der Waals surface area contributed by atoms with Gasteiger partial charge in [0.1, 0.15) is 80.5 Å². The summed E-state index contributed by atoms with van der Waals surface area (Å²) in [5, 5.41) is 38.1. The van der Waals surface area contributed by atoms with Crippen LogP contribution in [-0.4, -0.2) is 241 Å². The fourth-order valence-electron chi connectivity index (χ4n) is 15.9. The first-order valence-corrected chi connectivity index (χ1v) is 46.4. The fourth-order valence-corrected chi connectivity index (χ4v) is 16.4. The van der Waals surface area contributed by atoms with Crippen molar-refractivity contribution >= 4 is 98.2 Å². The summed E-state index contributed by atoms with van der Waals surface area (Å²) >= 11 is 3.09. The van der Waals surface area contributed by atoms with E-state index in [1.807, 2.05) is 48.8 Å². The molecule has 1 aromatic carbocycles. The zero-order valence-corrected chi connectivity index (χ0v) is 86.1. The fraction of sp³-hybridized carbons (Fsp3) is 0.408. The molecule has 12 aromatic heterocycles. The van der Waals surface area contributed by atoms with E-state index in [1.165, 1.54) is 85.9 Å². The number of hydrogen-bond acceptors (Lipinski definition) is 32. The van der Waals surface area contributed by atoms with E-state index < -0.39 is 65.4 Å². The lowest BCUT2D eigenvalue weighted by molar-refractivity contribution is -0.142. The lowest BCUT2D eigenvalue weighted by Gasteiger charge is -2.32. The zero-order chi connectivity index (χ0) is 105. The molecule has 144 heavy (non-hydrogen) atoms. The van der Waals surface area contributed by atoms with Gasteiger partial charge in [0.2, 0.25) is 23.6 Å². The number of aliphatic carboxylic acids is 1. The van der Waals surface area contributed by atoms with E-state index >= 15 is 0 Å². The number of pyridine rings is 4. The van der Waals surface area contributed by atoms with Crippen molar-refractivity contribution in [2.24, 2.45) is 65.7 Å². The Morgan fingerprint density at radius 1 is 0.542 bits per heavy atom. The second kappa shape index (κ2) is 47.6. The smallest absolute Gasteiger partial charge is 0.494 e. The Labute approximate surface area is 836 Å². The number of halogens is 3. The molecule has 0 saturated carbocycles. The number of carbonyl (C=O) groups excluding carboxylic acids is 2. The second-order valence-corrected chi connectivity index (χ2v) is 35.9. The summed E-state index contributed by atoms with van der Waals surface area (Å²) in [5.41, 5.74) is 13.4. The number of fused-ring (bicyclic) bond motifs is 4. The van der Waals surface area contributed by atoms with Gasteiger partial charge in [-0.3, -0.25) is 28.8 Å². The molecule has 3 aliphatic rings. The Hall–Kier alpha value is -15.2. The van der Waals surface area contributed by atoms with Crippen LogP contribution in [0.1, 0.15) is 121 Å². The molecule has 762 valence electrons. The molecule has 0 radical (unpaired) electrons. The normalized spacial score (nSPS) is 16.1. The quantitative estimate of drug-likeness (QED) is 0.0323. The molecular weight excluding hydrogens is 1930 g/mol. The van der Waals surface area contributed by atoms with Gasteiger partial charge in [-0.2, -0.15) is 25.7 Å². The monoisotopic (exact) mass is 2050 g/mol. The Balaban J connectivity index is 0.000000176. The number of benzene rings is 1. The van der Waals surface area contributed by atoms with E-state index in [4.69, 9.17) is 73.4 Å². The number of aryl methyl sites for hydroxylation is 5. The maximum atomic E-state index is 14.7. The van der Waals surface area contributed by atoms with Gasteiger partial charge < -0.3 is 86.3 Å². The summed E-state index contributed by atoms with van der Waals surface area (Å²) in [4.78, 5) is 123. The third-order valence-corrected chi connectivity index (χ3v) is 25.2. The first-order valence-electron chi connectivity index (χ1n) is 45.6. The highest BCUT2D eigenvalue weighted by molar-refractivity contribution is 9.10. The molecule has 1 saturated heterocycles. The molecule has 0 unspecified atom stereocenters. The van der Waals surface area contributed by atoms with Crippen molar-refractivity contribution < 1.29 is 75.5 Å². The zero-order valence-electron chi connectivity index (χ0n) is 84.5. The summed E-state index contributed by atoms with van der Waals surface area (Å²) < 4.78 is 97.3. The van der Waals surface area contributed by atoms with Gasteiger partial charge in [0.15, 0.2) is 17.2 Å². The van der Waals surface area contributed by atoms with Crippen molar-refractivity contribution in [2.75, 3.05) is 62.2 Å². The van der Waals surface area contributed by atoms with Crippen LogP contribution in [0.2, 0.25) is 0 Å². The second-order valence-electron chi connectivity index (χ2n) is 35.1. The molecule has 3 aliphatic heterocycles. The number of hydrogen-bond donors (Lipinski definition) is 4. The number of nitriles is 1. The Morgan fingerprint density at radius 3 is 1.33 bits per heavy atom. The number of ether oxygens (including phenoxy) is 8. The minimum absolute atomic E-state index is 0.0447. The number of rotatable bonds is 24. The number of imidazole rings is 4. The van der Waals surface area contributed by atoms with Gasteiger partial charge >= 0.3 is 19.1 Å². The van der Waals surface area contributed by atoms with Gasteiger partial charge in [-0.25, -0.2) is 72.2 Å². The molecule has 1 amide bonds. The first-order chi connectivity index (χ1) is 68.5.